The van der Waals surface area contributed by atoms with E-state index in [1.165, 1.54) is 69.3 Å². The zero-order valence-corrected chi connectivity index (χ0v) is 17.1. The van der Waals surface area contributed by atoms with Crippen LogP contribution in [0.1, 0.15) is 50.5 Å². The molecule has 1 aromatic carbocycles. The van der Waals surface area contributed by atoms with Gasteiger partial charge in [0, 0.05) is 50.5 Å². The fourth-order valence-electron chi connectivity index (χ4n) is 5.15. The molecule has 0 aromatic heterocycles. The first-order valence-corrected chi connectivity index (χ1v) is 11.2. The van der Waals surface area contributed by atoms with Crippen molar-refractivity contribution in [3.05, 3.63) is 29.8 Å². The summed E-state index contributed by atoms with van der Waals surface area (Å²) in [5.41, 5.74) is 2.83. The minimum Gasteiger partial charge on any atom is -0.379 e. The Morgan fingerprint density at radius 1 is 0.852 bits per heavy atom. The van der Waals surface area contributed by atoms with E-state index in [0.717, 1.165) is 44.9 Å². The summed E-state index contributed by atoms with van der Waals surface area (Å²) in [6.45, 7) is 7.32. The van der Waals surface area contributed by atoms with Gasteiger partial charge in [-0.1, -0.05) is 31.4 Å². The van der Waals surface area contributed by atoms with Gasteiger partial charge in [0.2, 0.25) is 0 Å². The lowest BCUT2D eigenvalue weighted by molar-refractivity contribution is 0.0342. The molecule has 3 aliphatic rings. The maximum atomic E-state index is 5.45. The Bertz CT molecular complexity index is 555. The largest absolute Gasteiger partial charge is 0.379 e. The van der Waals surface area contributed by atoms with Gasteiger partial charge in [0.25, 0.3) is 0 Å². The molecule has 4 rings (SSSR count). The summed E-state index contributed by atoms with van der Waals surface area (Å²) < 4.78 is 5.45. The molecule has 0 amide bonds. The molecule has 2 heterocycles. The van der Waals surface area contributed by atoms with E-state index in [-0.39, 0.29) is 0 Å². The maximum absolute atomic E-state index is 5.45. The van der Waals surface area contributed by atoms with Crippen molar-refractivity contribution >= 4 is 5.69 Å². The normalized spacial score (nSPS) is 23.9. The molecule has 4 heteroatoms. The summed E-state index contributed by atoms with van der Waals surface area (Å²) in [6, 6.07) is 10.9. The number of rotatable bonds is 5. The van der Waals surface area contributed by atoms with Crippen molar-refractivity contribution < 1.29 is 4.74 Å². The second-order valence-electron chi connectivity index (χ2n) is 8.73. The number of anilines is 1. The average molecular weight is 372 g/mol. The fourth-order valence-corrected chi connectivity index (χ4v) is 5.15. The molecule has 0 N–H and O–H groups in total. The highest BCUT2D eigenvalue weighted by atomic mass is 16.5. The van der Waals surface area contributed by atoms with Crippen LogP contribution in [-0.2, 0) is 11.3 Å². The third kappa shape index (κ3) is 5.04. The van der Waals surface area contributed by atoms with Crippen LogP contribution in [0.5, 0.6) is 0 Å². The smallest absolute Gasteiger partial charge is 0.0594 e. The van der Waals surface area contributed by atoms with Crippen molar-refractivity contribution in [3.63, 3.8) is 0 Å². The minimum atomic E-state index is 0.782. The van der Waals surface area contributed by atoms with Crippen LogP contribution in [0.15, 0.2) is 24.3 Å². The number of piperidine rings is 1. The Morgan fingerprint density at radius 3 is 2.15 bits per heavy atom. The Labute approximate surface area is 165 Å². The molecule has 2 saturated heterocycles. The van der Waals surface area contributed by atoms with E-state index in [4.69, 9.17) is 4.74 Å². The standard InChI is InChI=1S/C23H37N3O/c1-24(21-5-3-2-4-6-21)22-11-13-26(14-12-22)23-9-7-20(8-10-23)19-25-15-17-27-18-16-25/h7-10,21-22H,2-6,11-19H2,1H3. The number of morpholine rings is 1. The molecule has 2 aliphatic heterocycles. The second-order valence-corrected chi connectivity index (χ2v) is 8.73. The van der Waals surface area contributed by atoms with Gasteiger partial charge in [-0.05, 0) is 50.4 Å². The molecule has 27 heavy (non-hydrogen) atoms. The van der Waals surface area contributed by atoms with Gasteiger partial charge in [0.05, 0.1) is 13.2 Å². The lowest BCUT2D eigenvalue weighted by Crippen LogP contribution is -2.47. The van der Waals surface area contributed by atoms with Crippen LogP contribution in [0.2, 0.25) is 0 Å². The highest BCUT2D eigenvalue weighted by molar-refractivity contribution is 5.48. The van der Waals surface area contributed by atoms with Crippen LogP contribution >= 0.6 is 0 Å². The molecule has 1 aliphatic carbocycles. The van der Waals surface area contributed by atoms with Gasteiger partial charge >= 0.3 is 0 Å². The maximum Gasteiger partial charge on any atom is 0.0594 e. The van der Waals surface area contributed by atoms with Gasteiger partial charge in [-0.25, -0.2) is 0 Å². The summed E-state index contributed by atoms with van der Waals surface area (Å²) in [5, 5.41) is 0. The fraction of sp³-hybridized carbons (Fsp3) is 0.739. The van der Waals surface area contributed by atoms with Crippen LogP contribution in [0.4, 0.5) is 5.69 Å². The SMILES string of the molecule is CN(C1CCCCC1)C1CCN(c2ccc(CN3CCOCC3)cc2)CC1. The van der Waals surface area contributed by atoms with Gasteiger partial charge in [-0.2, -0.15) is 0 Å². The van der Waals surface area contributed by atoms with E-state index in [2.05, 4.69) is 46.0 Å². The first kappa shape index (κ1) is 19.2. The number of ether oxygens (including phenoxy) is 1. The molecule has 0 spiro atoms. The number of hydrogen-bond donors (Lipinski definition) is 0. The van der Waals surface area contributed by atoms with Crippen molar-refractivity contribution in [3.8, 4) is 0 Å². The molecule has 0 atom stereocenters. The van der Waals surface area contributed by atoms with E-state index in [0.29, 0.717) is 0 Å². The zero-order valence-electron chi connectivity index (χ0n) is 17.1. The molecule has 0 unspecified atom stereocenters. The summed E-state index contributed by atoms with van der Waals surface area (Å²) in [5.74, 6) is 0. The topological polar surface area (TPSA) is 19.0 Å². The summed E-state index contributed by atoms with van der Waals surface area (Å²) in [4.78, 5) is 7.80. The van der Waals surface area contributed by atoms with Crippen molar-refractivity contribution in [2.45, 2.75) is 63.6 Å². The van der Waals surface area contributed by atoms with Gasteiger partial charge < -0.3 is 14.5 Å². The lowest BCUT2D eigenvalue weighted by Gasteiger charge is -2.42. The van der Waals surface area contributed by atoms with Crippen LogP contribution in [0.25, 0.3) is 0 Å². The Hall–Kier alpha value is -1.10. The minimum absolute atomic E-state index is 0.782. The molecule has 1 aromatic rings. The highest BCUT2D eigenvalue weighted by Crippen LogP contribution is 2.28. The van der Waals surface area contributed by atoms with Gasteiger partial charge in [0.1, 0.15) is 0 Å². The molecular formula is C23H37N3O. The first-order chi connectivity index (χ1) is 13.3. The Balaban J connectivity index is 1.26. The summed E-state index contributed by atoms with van der Waals surface area (Å²) in [6.07, 6.45) is 9.77. The summed E-state index contributed by atoms with van der Waals surface area (Å²) in [7, 11) is 2.39. The van der Waals surface area contributed by atoms with Gasteiger partial charge in [-0.15, -0.1) is 0 Å². The van der Waals surface area contributed by atoms with Gasteiger partial charge in [0.15, 0.2) is 0 Å². The quantitative estimate of drug-likeness (QED) is 0.784. The predicted molar refractivity (Wildman–Crippen MR) is 112 cm³/mol. The third-order valence-electron chi connectivity index (χ3n) is 7.00. The average Bonchev–Trinajstić information content (AvgIpc) is 2.75. The lowest BCUT2D eigenvalue weighted by atomic mass is 9.92. The van der Waals surface area contributed by atoms with Crippen LogP contribution in [-0.4, -0.2) is 68.3 Å². The molecule has 1 saturated carbocycles. The summed E-state index contributed by atoms with van der Waals surface area (Å²) >= 11 is 0. The van der Waals surface area contributed by atoms with Crippen LogP contribution in [0, 0.1) is 0 Å². The van der Waals surface area contributed by atoms with E-state index in [9.17, 15) is 0 Å². The first-order valence-electron chi connectivity index (χ1n) is 11.2. The highest BCUT2D eigenvalue weighted by Gasteiger charge is 2.27. The predicted octanol–water partition coefficient (Wildman–Crippen LogP) is 3.75. The van der Waals surface area contributed by atoms with Crippen molar-refractivity contribution in [2.24, 2.45) is 0 Å². The molecule has 4 nitrogen and oxygen atoms in total. The van der Waals surface area contributed by atoms with E-state index < -0.39 is 0 Å². The molecule has 0 radical (unpaired) electrons. The molecular weight excluding hydrogens is 334 g/mol. The third-order valence-corrected chi connectivity index (χ3v) is 7.00. The van der Waals surface area contributed by atoms with E-state index >= 15 is 0 Å². The van der Waals surface area contributed by atoms with Crippen LogP contribution in [0.3, 0.4) is 0 Å². The second kappa shape index (κ2) is 9.40. The number of benzene rings is 1. The van der Waals surface area contributed by atoms with Crippen LogP contribution < -0.4 is 4.90 Å². The Morgan fingerprint density at radius 2 is 1.48 bits per heavy atom. The van der Waals surface area contributed by atoms with Gasteiger partial charge in [-0.3, -0.25) is 4.90 Å². The van der Waals surface area contributed by atoms with E-state index in [1.807, 2.05) is 0 Å². The number of nitrogens with zero attached hydrogens (tertiary/aromatic N) is 3. The van der Waals surface area contributed by atoms with Crippen molar-refractivity contribution in [2.75, 3.05) is 51.3 Å². The molecule has 150 valence electrons. The van der Waals surface area contributed by atoms with Crippen molar-refractivity contribution in [1.29, 1.82) is 0 Å². The monoisotopic (exact) mass is 371 g/mol. The molecule has 3 fully saturated rings. The molecule has 0 bridgehead atoms. The Kier molecular flexibility index (Phi) is 6.69. The van der Waals surface area contributed by atoms with Crippen molar-refractivity contribution in [1.82, 2.24) is 9.80 Å². The number of hydrogen-bond acceptors (Lipinski definition) is 4. The zero-order chi connectivity index (χ0) is 18.5. The van der Waals surface area contributed by atoms with E-state index in [1.54, 1.807) is 0 Å².